The van der Waals surface area contributed by atoms with Crippen LogP contribution in [-0.2, 0) is 4.79 Å². The van der Waals surface area contributed by atoms with Crippen LogP contribution in [0.1, 0.15) is 10.7 Å². The van der Waals surface area contributed by atoms with E-state index in [4.69, 9.17) is 4.74 Å². The van der Waals surface area contributed by atoms with Gasteiger partial charge in [0, 0.05) is 22.8 Å². The van der Waals surface area contributed by atoms with Gasteiger partial charge < -0.3 is 10.2 Å². The van der Waals surface area contributed by atoms with E-state index in [1.807, 2.05) is 66.9 Å². The van der Waals surface area contributed by atoms with Gasteiger partial charge in [0.25, 0.3) is 5.91 Å². The Bertz CT molecular complexity index is 1020. The van der Waals surface area contributed by atoms with Crippen LogP contribution in [0.25, 0.3) is 16.7 Å². The fourth-order valence-corrected chi connectivity index (χ4v) is 3.20. The molecular formula is C21H18N4O2S. The van der Waals surface area contributed by atoms with E-state index >= 15 is 0 Å². The second-order valence-electron chi connectivity index (χ2n) is 5.81. The molecule has 6 nitrogen and oxygen atoms in total. The number of aromatic nitrogens is 1. The summed E-state index contributed by atoms with van der Waals surface area (Å²) in [5.41, 5.74) is 8.23. The van der Waals surface area contributed by atoms with Crippen molar-refractivity contribution in [2.45, 2.75) is 6.92 Å². The smallest absolute Gasteiger partial charge is 0.276 e. The van der Waals surface area contributed by atoms with E-state index in [1.165, 1.54) is 17.5 Å². The molecule has 0 aliphatic rings. The van der Waals surface area contributed by atoms with Crippen molar-refractivity contribution < 1.29 is 9.53 Å². The van der Waals surface area contributed by atoms with E-state index in [0.29, 0.717) is 16.3 Å². The average Bonchev–Trinajstić information content (AvgIpc) is 3.16. The van der Waals surface area contributed by atoms with Gasteiger partial charge in [-0.15, -0.1) is 11.3 Å². The molecule has 0 atom stereocenters. The first-order chi connectivity index (χ1) is 13.7. The Labute approximate surface area is 167 Å². The number of amides is 1. The maximum absolute atomic E-state index is 12.1. The molecule has 3 aromatic rings. The summed E-state index contributed by atoms with van der Waals surface area (Å²) < 4.78 is 5.68. The Morgan fingerprint density at radius 3 is 2.68 bits per heavy atom. The molecule has 1 heterocycles. The van der Waals surface area contributed by atoms with Crippen LogP contribution in [0.4, 0.5) is 0 Å². The number of hydrazine groups is 1. The number of ether oxygens (including phenoxy) is 1. The lowest BCUT2D eigenvalue weighted by molar-refractivity contribution is -0.123. The van der Waals surface area contributed by atoms with Crippen molar-refractivity contribution in [3.05, 3.63) is 76.9 Å². The summed E-state index contributed by atoms with van der Waals surface area (Å²) in [6.45, 7) is 1.69. The summed E-state index contributed by atoms with van der Waals surface area (Å²) in [4.78, 5) is 16.3. The Morgan fingerprint density at radius 2 is 1.96 bits per heavy atom. The highest BCUT2D eigenvalue weighted by molar-refractivity contribution is 7.10. The molecule has 0 spiro atoms. The third-order valence-corrected chi connectivity index (χ3v) is 4.72. The number of hydrogen-bond donors (Lipinski definition) is 2. The van der Waals surface area contributed by atoms with E-state index in [0.717, 1.165) is 16.8 Å². The van der Waals surface area contributed by atoms with Crippen molar-refractivity contribution in [3.8, 4) is 22.9 Å². The van der Waals surface area contributed by atoms with Crippen molar-refractivity contribution in [2.24, 2.45) is 0 Å². The first-order valence-corrected chi connectivity index (χ1v) is 9.39. The molecule has 7 heteroatoms. The topological polar surface area (TPSA) is 87.0 Å². The Morgan fingerprint density at radius 1 is 1.21 bits per heavy atom. The van der Waals surface area contributed by atoms with Crippen molar-refractivity contribution in [1.29, 1.82) is 5.26 Å². The molecule has 0 unspecified atom stereocenters. The van der Waals surface area contributed by atoms with Crippen LogP contribution in [0.2, 0.25) is 0 Å². The molecule has 0 aliphatic heterocycles. The van der Waals surface area contributed by atoms with Crippen molar-refractivity contribution in [3.63, 3.8) is 0 Å². The van der Waals surface area contributed by atoms with Gasteiger partial charge in [0.05, 0.1) is 0 Å². The molecule has 3 rings (SSSR count). The molecule has 0 saturated carbocycles. The Hall–Kier alpha value is -3.63. The largest absolute Gasteiger partial charge is 0.483 e. The number of thiazole rings is 1. The van der Waals surface area contributed by atoms with Crippen molar-refractivity contribution in [2.75, 3.05) is 6.61 Å². The van der Waals surface area contributed by atoms with Gasteiger partial charge in [0.2, 0.25) is 0 Å². The van der Waals surface area contributed by atoms with Crippen molar-refractivity contribution >= 4 is 22.8 Å². The number of nitrogens with zero attached hydrogens (tertiary/aromatic N) is 2. The van der Waals surface area contributed by atoms with Crippen LogP contribution in [0.3, 0.4) is 0 Å². The highest BCUT2D eigenvalue weighted by Crippen LogP contribution is 2.29. The van der Waals surface area contributed by atoms with E-state index in [2.05, 4.69) is 21.9 Å². The van der Waals surface area contributed by atoms with Gasteiger partial charge >= 0.3 is 0 Å². The maximum Gasteiger partial charge on any atom is 0.276 e. The maximum atomic E-state index is 12.1. The minimum Gasteiger partial charge on any atom is -0.483 e. The van der Waals surface area contributed by atoms with E-state index in [-0.39, 0.29) is 12.5 Å². The van der Waals surface area contributed by atoms with Gasteiger partial charge in [-0.1, -0.05) is 48.5 Å². The molecule has 1 amide bonds. The number of nitriles is 1. The molecule has 140 valence electrons. The second-order valence-corrected chi connectivity index (χ2v) is 6.67. The lowest BCUT2D eigenvalue weighted by Gasteiger charge is -2.11. The molecule has 28 heavy (non-hydrogen) atoms. The predicted octanol–water partition coefficient (Wildman–Crippen LogP) is 3.68. The second kappa shape index (κ2) is 9.35. The van der Waals surface area contributed by atoms with E-state index in [9.17, 15) is 10.1 Å². The fraction of sp³-hybridized carbons (Fsp3) is 0.0952. The third-order valence-electron chi connectivity index (χ3n) is 3.73. The third kappa shape index (κ3) is 4.96. The fourth-order valence-electron chi connectivity index (χ4n) is 2.44. The number of carbonyl (C=O) groups excluding carboxylic acids is 1. The number of hydrogen-bond acceptors (Lipinski definition) is 6. The van der Waals surface area contributed by atoms with Crippen LogP contribution >= 0.6 is 11.3 Å². The molecular weight excluding hydrogens is 372 g/mol. The predicted molar refractivity (Wildman–Crippen MR) is 109 cm³/mol. The van der Waals surface area contributed by atoms with E-state index < -0.39 is 0 Å². The molecule has 0 bridgehead atoms. The van der Waals surface area contributed by atoms with Gasteiger partial charge in [0.15, 0.2) is 6.61 Å². The first-order valence-electron chi connectivity index (χ1n) is 8.52. The summed E-state index contributed by atoms with van der Waals surface area (Å²) in [5, 5.41) is 11.7. The first kappa shape index (κ1) is 19.1. The minimum atomic E-state index is -0.369. The van der Waals surface area contributed by atoms with Crippen LogP contribution in [0.5, 0.6) is 5.75 Å². The molecule has 1 aromatic heterocycles. The van der Waals surface area contributed by atoms with Gasteiger partial charge in [-0.25, -0.2) is 4.98 Å². The molecule has 0 radical (unpaired) electrons. The molecule has 2 N–H and O–H groups in total. The molecule has 0 fully saturated rings. The van der Waals surface area contributed by atoms with E-state index in [1.54, 1.807) is 0 Å². The highest BCUT2D eigenvalue weighted by Gasteiger charge is 2.09. The quantitative estimate of drug-likeness (QED) is 0.475. The SMILES string of the molecule is Cc1csc(/C(C#N)=C/NNC(=O)COc2ccccc2-c2ccccc2)n1. The van der Waals surface area contributed by atoms with Gasteiger partial charge in [-0.3, -0.25) is 10.2 Å². The number of nitrogens with one attached hydrogen (secondary N) is 2. The van der Waals surface area contributed by atoms with Crippen LogP contribution < -0.4 is 15.6 Å². The minimum absolute atomic E-state index is 0.164. The lowest BCUT2D eigenvalue weighted by Crippen LogP contribution is -2.37. The summed E-state index contributed by atoms with van der Waals surface area (Å²) in [6.07, 6.45) is 1.41. The Kier molecular flexibility index (Phi) is 6.39. The van der Waals surface area contributed by atoms with Gasteiger partial charge in [-0.05, 0) is 18.6 Å². The molecule has 0 saturated heterocycles. The zero-order chi connectivity index (χ0) is 19.8. The summed E-state index contributed by atoms with van der Waals surface area (Å²) in [7, 11) is 0. The standard InChI is InChI=1S/C21H18N4O2S/c1-15-14-28-21(24-15)17(11-22)12-23-25-20(26)13-27-19-10-6-5-9-18(19)16-7-3-2-4-8-16/h2-10,12,14,23H,13H2,1H3,(H,25,26)/b17-12+. The van der Waals surface area contributed by atoms with Crippen LogP contribution in [0, 0.1) is 18.3 Å². The molecule has 0 aliphatic carbocycles. The number of aryl methyl sites for hydroxylation is 1. The zero-order valence-electron chi connectivity index (χ0n) is 15.2. The number of benzene rings is 2. The average molecular weight is 390 g/mol. The number of para-hydroxylation sites is 1. The summed E-state index contributed by atoms with van der Waals surface area (Å²) in [5.74, 6) is 0.252. The number of allylic oxidation sites excluding steroid dienone is 1. The number of carbonyl (C=O) groups is 1. The zero-order valence-corrected chi connectivity index (χ0v) is 16.0. The van der Waals surface area contributed by atoms with Crippen LogP contribution in [0.15, 0.2) is 66.2 Å². The monoisotopic (exact) mass is 390 g/mol. The van der Waals surface area contributed by atoms with Gasteiger partial charge in [-0.2, -0.15) is 5.26 Å². The normalized spacial score (nSPS) is 10.8. The van der Waals surface area contributed by atoms with Gasteiger partial charge in [0.1, 0.15) is 22.4 Å². The lowest BCUT2D eigenvalue weighted by atomic mass is 10.1. The van der Waals surface area contributed by atoms with Crippen LogP contribution in [-0.4, -0.2) is 17.5 Å². The number of rotatable bonds is 7. The summed E-state index contributed by atoms with van der Waals surface area (Å²) >= 11 is 1.37. The van der Waals surface area contributed by atoms with Crippen molar-refractivity contribution in [1.82, 2.24) is 15.8 Å². The summed E-state index contributed by atoms with van der Waals surface area (Å²) in [6, 6.07) is 19.4. The Balaban J connectivity index is 1.57. The molecule has 2 aromatic carbocycles. The highest BCUT2D eigenvalue weighted by atomic mass is 32.1.